The highest BCUT2D eigenvalue weighted by Crippen LogP contribution is 2.04. The molecule has 0 atom stereocenters. The van der Waals surface area contributed by atoms with E-state index < -0.39 is 0 Å². The van der Waals surface area contributed by atoms with E-state index in [1.165, 1.54) is 5.06 Å². The maximum atomic E-state index is 11.3. The summed E-state index contributed by atoms with van der Waals surface area (Å²) in [6, 6.07) is 6.92. The molecule has 0 fully saturated rings. The molecule has 0 aliphatic carbocycles. The normalized spacial score (nSPS) is 10.2. The van der Waals surface area contributed by atoms with E-state index in [9.17, 15) is 4.79 Å². The van der Waals surface area contributed by atoms with Gasteiger partial charge in [-0.25, -0.2) is 4.79 Å². The summed E-state index contributed by atoms with van der Waals surface area (Å²) in [4.78, 5) is 16.1. The SMILES string of the molecule is [CH2]c1ccc(C(=O)ON(C)C)cc1. The molecule has 3 heteroatoms. The van der Waals surface area contributed by atoms with Gasteiger partial charge in [-0.15, -0.1) is 5.06 Å². The molecule has 0 aliphatic rings. The van der Waals surface area contributed by atoms with Crippen LogP contribution in [0.4, 0.5) is 0 Å². The van der Waals surface area contributed by atoms with Crippen LogP contribution in [0.5, 0.6) is 0 Å². The number of hydrogen-bond donors (Lipinski definition) is 0. The third-order valence-electron chi connectivity index (χ3n) is 1.46. The average molecular weight is 178 g/mol. The molecule has 0 heterocycles. The van der Waals surface area contributed by atoms with E-state index in [1.54, 1.807) is 38.4 Å². The van der Waals surface area contributed by atoms with Gasteiger partial charge in [-0.3, -0.25) is 0 Å². The van der Waals surface area contributed by atoms with Gasteiger partial charge in [0, 0.05) is 14.1 Å². The van der Waals surface area contributed by atoms with E-state index in [0.29, 0.717) is 5.56 Å². The van der Waals surface area contributed by atoms with Crippen molar-refractivity contribution < 1.29 is 9.63 Å². The molecule has 13 heavy (non-hydrogen) atoms. The maximum absolute atomic E-state index is 11.3. The summed E-state index contributed by atoms with van der Waals surface area (Å²) in [5.74, 6) is -0.356. The Balaban J connectivity index is 2.72. The van der Waals surface area contributed by atoms with Crippen LogP contribution in [0.3, 0.4) is 0 Å². The van der Waals surface area contributed by atoms with Crippen LogP contribution < -0.4 is 0 Å². The number of hydroxylamine groups is 2. The summed E-state index contributed by atoms with van der Waals surface area (Å²) in [5.41, 5.74) is 1.41. The van der Waals surface area contributed by atoms with Crippen molar-refractivity contribution in [2.24, 2.45) is 0 Å². The summed E-state index contributed by atoms with van der Waals surface area (Å²) in [7, 11) is 3.32. The lowest BCUT2D eigenvalue weighted by molar-refractivity contribution is -0.0713. The van der Waals surface area contributed by atoms with Crippen molar-refractivity contribution in [1.82, 2.24) is 5.06 Å². The largest absolute Gasteiger partial charge is 0.364 e. The van der Waals surface area contributed by atoms with Crippen LogP contribution in [0, 0.1) is 6.92 Å². The Bertz CT molecular complexity index is 290. The highest BCUT2D eigenvalue weighted by Gasteiger charge is 2.07. The molecule has 0 aromatic heterocycles. The minimum atomic E-state index is -0.356. The minimum Gasteiger partial charge on any atom is -0.364 e. The van der Waals surface area contributed by atoms with E-state index in [2.05, 4.69) is 6.92 Å². The standard InChI is InChI=1S/C10H12NO2/c1-8-4-6-9(7-5-8)10(12)13-11(2)3/h4-7H,1H2,2-3H3. The molecule has 1 rings (SSSR count). The monoisotopic (exact) mass is 178 g/mol. The minimum absolute atomic E-state index is 0.356. The first-order valence-corrected chi connectivity index (χ1v) is 3.91. The summed E-state index contributed by atoms with van der Waals surface area (Å²) in [6.07, 6.45) is 0. The van der Waals surface area contributed by atoms with Gasteiger partial charge >= 0.3 is 5.97 Å². The molecule has 3 nitrogen and oxygen atoms in total. The molecule has 69 valence electrons. The third kappa shape index (κ3) is 2.87. The number of carbonyl (C=O) groups excluding carboxylic acids is 1. The van der Waals surface area contributed by atoms with Crippen molar-refractivity contribution in [3.63, 3.8) is 0 Å². The smallest absolute Gasteiger partial charge is 0.356 e. The molecule has 1 aromatic carbocycles. The predicted octanol–water partition coefficient (Wildman–Crippen LogP) is 1.50. The Morgan fingerprint density at radius 2 is 1.85 bits per heavy atom. The van der Waals surface area contributed by atoms with Gasteiger partial charge in [0.15, 0.2) is 0 Å². The molecule has 0 aliphatic heterocycles. The highest BCUT2D eigenvalue weighted by molar-refractivity contribution is 5.89. The van der Waals surface area contributed by atoms with Crippen molar-refractivity contribution in [3.8, 4) is 0 Å². The second-order valence-electron chi connectivity index (χ2n) is 2.89. The molecule has 0 saturated carbocycles. The number of hydrogen-bond acceptors (Lipinski definition) is 3. The molecule has 1 aromatic rings. The molecule has 0 unspecified atom stereocenters. The second-order valence-corrected chi connectivity index (χ2v) is 2.89. The van der Waals surface area contributed by atoms with Crippen LogP contribution >= 0.6 is 0 Å². The topological polar surface area (TPSA) is 29.5 Å². The fourth-order valence-electron chi connectivity index (χ4n) is 0.859. The van der Waals surface area contributed by atoms with Crippen LogP contribution in [0.2, 0.25) is 0 Å². The average Bonchev–Trinajstić information content (AvgIpc) is 2.04. The van der Waals surface area contributed by atoms with E-state index >= 15 is 0 Å². The predicted molar refractivity (Wildman–Crippen MR) is 50.0 cm³/mol. The zero-order chi connectivity index (χ0) is 9.84. The zero-order valence-corrected chi connectivity index (χ0v) is 7.78. The number of rotatable bonds is 2. The van der Waals surface area contributed by atoms with Gasteiger partial charge < -0.3 is 4.84 Å². The summed E-state index contributed by atoms with van der Waals surface area (Å²) in [6.45, 7) is 3.72. The lowest BCUT2D eigenvalue weighted by Gasteiger charge is -2.09. The Labute approximate surface area is 77.9 Å². The summed E-state index contributed by atoms with van der Waals surface area (Å²) >= 11 is 0. The van der Waals surface area contributed by atoms with Crippen LogP contribution in [-0.2, 0) is 4.84 Å². The molecule has 0 saturated heterocycles. The zero-order valence-electron chi connectivity index (χ0n) is 7.78. The molecule has 0 bridgehead atoms. The number of benzene rings is 1. The molecular weight excluding hydrogens is 166 g/mol. The fourth-order valence-corrected chi connectivity index (χ4v) is 0.859. The summed E-state index contributed by atoms with van der Waals surface area (Å²) < 4.78 is 0. The van der Waals surface area contributed by atoms with Gasteiger partial charge in [-0.2, -0.15) is 0 Å². The van der Waals surface area contributed by atoms with Gasteiger partial charge in [0.25, 0.3) is 0 Å². The van der Waals surface area contributed by atoms with Gasteiger partial charge in [0.05, 0.1) is 5.56 Å². The number of carbonyl (C=O) groups is 1. The highest BCUT2D eigenvalue weighted by atomic mass is 16.7. The summed E-state index contributed by atoms with van der Waals surface area (Å²) in [5, 5.41) is 1.36. The lowest BCUT2D eigenvalue weighted by Crippen LogP contribution is -2.18. The first-order chi connectivity index (χ1) is 6.09. The van der Waals surface area contributed by atoms with Gasteiger partial charge in [0.1, 0.15) is 0 Å². The molecule has 0 amide bonds. The van der Waals surface area contributed by atoms with Crippen molar-refractivity contribution in [3.05, 3.63) is 42.3 Å². The van der Waals surface area contributed by atoms with Crippen molar-refractivity contribution in [2.75, 3.05) is 14.1 Å². The fraction of sp³-hybridized carbons (Fsp3) is 0.200. The van der Waals surface area contributed by atoms with Crippen LogP contribution in [0.1, 0.15) is 15.9 Å². The van der Waals surface area contributed by atoms with Crippen LogP contribution in [0.15, 0.2) is 24.3 Å². The maximum Gasteiger partial charge on any atom is 0.356 e. The number of nitrogens with zero attached hydrogens (tertiary/aromatic N) is 1. The van der Waals surface area contributed by atoms with Gasteiger partial charge in [-0.05, 0) is 24.6 Å². The quantitative estimate of drug-likeness (QED) is 0.643. The molecule has 0 N–H and O–H groups in total. The van der Waals surface area contributed by atoms with Crippen LogP contribution in [0.25, 0.3) is 0 Å². The van der Waals surface area contributed by atoms with E-state index in [1.807, 2.05) is 0 Å². The third-order valence-corrected chi connectivity index (χ3v) is 1.46. The van der Waals surface area contributed by atoms with Crippen molar-refractivity contribution in [2.45, 2.75) is 0 Å². The molecular formula is C10H12NO2. The lowest BCUT2D eigenvalue weighted by atomic mass is 10.2. The first kappa shape index (κ1) is 9.74. The van der Waals surface area contributed by atoms with Crippen molar-refractivity contribution in [1.29, 1.82) is 0 Å². The van der Waals surface area contributed by atoms with E-state index in [0.717, 1.165) is 5.56 Å². The Kier molecular flexibility index (Phi) is 3.03. The molecule has 0 spiro atoms. The Morgan fingerprint density at radius 1 is 1.31 bits per heavy atom. The van der Waals surface area contributed by atoms with E-state index in [4.69, 9.17) is 4.84 Å². The Hall–Kier alpha value is -1.35. The molecule has 1 radical (unpaired) electrons. The van der Waals surface area contributed by atoms with Crippen molar-refractivity contribution >= 4 is 5.97 Å². The Morgan fingerprint density at radius 3 is 2.31 bits per heavy atom. The van der Waals surface area contributed by atoms with E-state index in [-0.39, 0.29) is 5.97 Å². The van der Waals surface area contributed by atoms with Gasteiger partial charge in [0.2, 0.25) is 0 Å². The van der Waals surface area contributed by atoms with Crippen LogP contribution in [-0.4, -0.2) is 25.1 Å². The first-order valence-electron chi connectivity index (χ1n) is 3.91. The van der Waals surface area contributed by atoms with Gasteiger partial charge in [-0.1, -0.05) is 12.1 Å². The second kappa shape index (κ2) is 4.05.